The fourth-order valence-electron chi connectivity index (χ4n) is 4.47. The van der Waals surface area contributed by atoms with Crippen LogP contribution in [0.25, 0.3) is 0 Å². The van der Waals surface area contributed by atoms with E-state index in [0.29, 0.717) is 37.1 Å². The molecule has 3 aromatic carbocycles. The number of rotatable bonds is 24. The Labute approximate surface area is 277 Å². The van der Waals surface area contributed by atoms with E-state index in [4.69, 9.17) is 28.2 Å². The van der Waals surface area contributed by atoms with Crippen LogP contribution in [0, 0.1) is 0 Å². The van der Waals surface area contributed by atoms with Crippen molar-refractivity contribution in [3.05, 3.63) is 72.8 Å². The van der Waals surface area contributed by atoms with Gasteiger partial charge < -0.3 is 42.9 Å². The molecule has 0 aliphatic heterocycles. The average Bonchev–Trinajstić information content (AvgIpc) is 3.07. The zero-order valence-corrected chi connectivity index (χ0v) is 28.8. The monoisotopic (exact) mass is 635 g/mol. The zero-order valence-electron chi connectivity index (χ0n) is 28.8. The lowest BCUT2D eigenvalue weighted by Crippen LogP contribution is -2.37. The fraction of sp³-hybridized carbons (Fsp3) is 0.500. The third kappa shape index (κ3) is 13.4. The van der Waals surface area contributed by atoms with Crippen LogP contribution in [0.2, 0.25) is 0 Å². The van der Waals surface area contributed by atoms with Crippen molar-refractivity contribution in [3.8, 4) is 17.2 Å². The molecular formula is C36H54BN3O6. The maximum absolute atomic E-state index is 6.24. The van der Waals surface area contributed by atoms with Gasteiger partial charge in [-0.05, 0) is 92.1 Å². The quantitative estimate of drug-likeness (QED) is 0.0782. The molecule has 0 unspecified atom stereocenters. The first kappa shape index (κ1) is 36.9. The van der Waals surface area contributed by atoms with Crippen molar-refractivity contribution in [2.75, 3.05) is 95.1 Å². The van der Waals surface area contributed by atoms with E-state index in [0.717, 1.165) is 75.8 Å². The molecule has 0 heterocycles. The molecule has 9 nitrogen and oxygen atoms in total. The van der Waals surface area contributed by atoms with Gasteiger partial charge >= 0.3 is 7.32 Å². The number of benzene rings is 3. The molecule has 0 aliphatic carbocycles. The Bertz CT molecular complexity index is 1050. The first-order valence-corrected chi connectivity index (χ1v) is 16.6. The molecule has 0 atom stereocenters. The molecule has 0 saturated heterocycles. The van der Waals surface area contributed by atoms with Crippen LogP contribution in [-0.4, -0.2) is 87.7 Å². The van der Waals surface area contributed by atoms with Crippen molar-refractivity contribution in [3.63, 3.8) is 0 Å². The highest BCUT2D eigenvalue weighted by Gasteiger charge is 2.30. The highest BCUT2D eigenvalue weighted by molar-refractivity contribution is 6.39. The Morgan fingerprint density at radius 2 is 0.674 bits per heavy atom. The Balaban J connectivity index is 1.67. The molecule has 0 N–H and O–H groups in total. The molecule has 0 spiro atoms. The van der Waals surface area contributed by atoms with Crippen LogP contribution in [0.5, 0.6) is 17.2 Å². The Morgan fingerprint density at radius 3 is 0.913 bits per heavy atom. The number of anilines is 3. The van der Waals surface area contributed by atoms with Crippen LogP contribution in [0.15, 0.2) is 72.8 Å². The lowest BCUT2D eigenvalue weighted by atomic mass is 10.1. The molecule has 252 valence electrons. The van der Waals surface area contributed by atoms with Crippen LogP contribution in [0.1, 0.15) is 40.0 Å². The van der Waals surface area contributed by atoms with E-state index < -0.39 is 7.32 Å². The molecule has 0 bridgehead atoms. The Kier molecular flexibility index (Phi) is 17.0. The van der Waals surface area contributed by atoms with Gasteiger partial charge in [0.25, 0.3) is 0 Å². The summed E-state index contributed by atoms with van der Waals surface area (Å²) >= 11 is 0. The van der Waals surface area contributed by atoms with Gasteiger partial charge in [0.05, 0.1) is 19.8 Å². The first-order valence-electron chi connectivity index (χ1n) is 16.6. The van der Waals surface area contributed by atoms with Gasteiger partial charge in [0, 0.05) is 77.7 Å². The molecule has 10 heteroatoms. The number of hydrogen-bond acceptors (Lipinski definition) is 9. The summed E-state index contributed by atoms with van der Waals surface area (Å²) in [5.41, 5.74) is 3.22. The van der Waals surface area contributed by atoms with Gasteiger partial charge in [0.15, 0.2) is 0 Å². The molecule has 0 saturated carbocycles. The maximum Gasteiger partial charge on any atom is 0.864 e. The predicted octanol–water partition coefficient (Wildman–Crippen LogP) is 6.80. The normalized spacial score (nSPS) is 10.8. The standard InChI is InChI=1S/C36H54BN3O6/c1-7-25-41-28-22-38(4)31-10-16-34(17-11-31)44-37(45-35-18-12-32(13-19-35)39(5)23-29-42-26-8-2)46-36-20-14-33(15-21-36)40(6)24-30-43-27-9-3/h10-21H,7-9,22-30H2,1-6H3. The predicted molar refractivity (Wildman–Crippen MR) is 190 cm³/mol. The molecule has 3 rings (SSSR count). The smallest absolute Gasteiger partial charge is 0.490 e. The van der Waals surface area contributed by atoms with E-state index >= 15 is 0 Å². The third-order valence-corrected chi connectivity index (χ3v) is 7.29. The molecule has 0 aromatic heterocycles. The number of likely N-dealkylation sites (N-methyl/N-ethyl adjacent to an activating group) is 3. The summed E-state index contributed by atoms with van der Waals surface area (Å²) in [7, 11) is 5.15. The van der Waals surface area contributed by atoms with E-state index in [1.54, 1.807) is 0 Å². The molecular weight excluding hydrogens is 581 g/mol. The van der Waals surface area contributed by atoms with Crippen LogP contribution in [0.3, 0.4) is 0 Å². The highest BCUT2D eigenvalue weighted by Crippen LogP contribution is 2.24. The fourth-order valence-corrected chi connectivity index (χ4v) is 4.47. The molecule has 0 aliphatic rings. The minimum Gasteiger partial charge on any atom is -0.490 e. The van der Waals surface area contributed by atoms with Gasteiger partial charge in [-0.15, -0.1) is 0 Å². The van der Waals surface area contributed by atoms with Crippen molar-refractivity contribution in [2.24, 2.45) is 0 Å². The SMILES string of the molecule is CCCOCCN(C)c1ccc(OB(Oc2ccc(N(C)CCOCCC)cc2)Oc2ccc(N(C)CCOCCC)cc2)cc1. The second-order valence-corrected chi connectivity index (χ2v) is 11.2. The number of hydrogen-bond donors (Lipinski definition) is 0. The lowest BCUT2D eigenvalue weighted by Gasteiger charge is -2.22. The van der Waals surface area contributed by atoms with E-state index in [-0.39, 0.29) is 0 Å². The van der Waals surface area contributed by atoms with Gasteiger partial charge in [0.2, 0.25) is 0 Å². The van der Waals surface area contributed by atoms with Crippen molar-refractivity contribution < 1.29 is 28.2 Å². The summed E-state index contributed by atoms with van der Waals surface area (Å²) < 4.78 is 35.6. The van der Waals surface area contributed by atoms with Crippen molar-refractivity contribution in [2.45, 2.75) is 40.0 Å². The van der Waals surface area contributed by atoms with Crippen LogP contribution in [0.4, 0.5) is 17.1 Å². The van der Waals surface area contributed by atoms with Crippen LogP contribution in [-0.2, 0) is 14.2 Å². The number of ether oxygens (including phenoxy) is 3. The highest BCUT2D eigenvalue weighted by atomic mass is 16.7. The second kappa shape index (κ2) is 21.2. The van der Waals surface area contributed by atoms with Gasteiger partial charge in [-0.25, -0.2) is 0 Å². The molecule has 0 fully saturated rings. The van der Waals surface area contributed by atoms with Crippen molar-refractivity contribution in [1.82, 2.24) is 0 Å². The van der Waals surface area contributed by atoms with Gasteiger partial charge in [-0.2, -0.15) is 0 Å². The lowest BCUT2D eigenvalue weighted by molar-refractivity contribution is 0.141. The van der Waals surface area contributed by atoms with Gasteiger partial charge in [0.1, 0.15) is 17.2 Å². The summed E-state index contributed by atoms with van der Waals surface area (Å²) in [6.07, 6.45) is 3.06. The zero-order chi connectivity index (χ0) is 33.0. The third-order valence-electron chi connectivity index (χ3n) is 7.29. The summed E-state index contributed by atoms with van der Waals surface area (Å²) in [5, 5.41) is 0. The second-order valence-electron chi connectivity index (χ2n) is 11.2. The summed E-state index contributed by atoms with van der Waals surface area (Å²) in [6.45, 7) is 13.2. The van der Waals surface area contributed by atoms with Crippen molar-refractivity contribution in [1.29, 1.82) is 0 Å². The Hall–Kier alpha value is -3.60. The minimum atomic E-state index is -1.01. The first-order chi connectivity index (χ1) is 22.4. The van der Waals surface area contributed by atoms with E-state index in [2.05, 4.69) is 56.6 Å². The average molecular weight is 636 g/mol. The topological polar surface area (TPSA) is 65.1 Å². The molecule has 3 aromatic rings. The van der Waals surface area contributed by atoms with Gasteiger partial charge in [-0.3, -0.25) is 0 Å². The largest absolute Gasteiger partial charge is 0.864 e. The Morgan fingerprint density at radius 1 is 0.413 bits per heavy atom. The van der Waals surface area contributed by atoms with Crippen LogP contribution >= 0.6 is 0 Å². The van der Waals surface area contributed by atoms with Gasteiger partial charge in [-0.1, -0.05) is 20.8 Å². The minimum absolute atomic E-state index is 0.635. The molecule has 0 amide bonds. The maximum atomic E-state index is 6.24. The summed E-state index contributed by atoms with van der Waals surface area (Å²) in [4.78, 5) is 6.48. The number of nitrogens with zero attached hydrogens (tertiary/aromatic N) is 3. The summed E-state index contributed by atoms with van der Waals surface area (Å²) in [6, 6.07) is 23.7. The van der Waals surface area contributed by atoms with Crippen molar-refractivity contribution >= 4 is 24.4 Å². The van der Waals surface area contributed by atoms with E-state index in [1.807, 2.05) is 72.8 Å². The molecule has 0 radical (unpaired) electrons. The summed E-state index contributed by atoms with van der Waals surface area (Å²) in [5.74, 6) is 1.91. The van der Waals surface area contributed by atoms with E-state index in [9.17, 15) is 0 Å². The molecule has 46 heavy (non-hydrogen) atoms. The van der Waals surface area contributed by atoms with Crippen LogP contribution < -0.4 is 28.7 Å². The van der Waals surface area contributed by atoms with E-state index in [1.165, 1.54) is 0 Å².